The third kappa shape index (κ3) is 8.80. The minimum absolute atomic E-state index is 0.0142. The zero-order valence-corrected chi connectivity index (χ0v) is 10.4. The highest BCUT2D eigenvalue weighted by Crippen LogP contribution is 2.21. The van der Waals surface area contributed by atoms with Crippen molar-refractivity contribution >= 4 is 11.9 Å². The van der Waals surface area contributed by atoms with Gasteiger partial charge in [0.2, 0.25) is 5.91 Å². The van der Waals surface area contributed by atoms with E-state index < -0.39 is 30.6 Å². The number of hydrogen-bond acceptors (Lipinski definition) is 3. The van der Waals surface area contributed by atoms with E-state index >= 15 is 0 Å². The molecule has 0 aromatic carbocycles. The Kier molecular flexibility index (Phi) is 7.33. The Morgan fingerprint density at radius 3 is 2.33 bits per heavy atom. The lowest BCUT2D eigenvalue weighted by molar-refractivity contribution is -0.135. The lowest BCUT2D eigenvalue weighted by atomic mass is 10.2. The molecule has 0 aliphatic carbocycles. The van der Waals surface area contributed by atoms with E-state index in [9.17, 15) is 22.8 Å². The van der Waals surface area contributed by atoms with Gasteiger partial charge in [-0.1, -0.05) is 0 Å². The maximum Gasteiger partial charge on any atom is 0.389 e. The fourth-order valence-electron chi connectivity index (χ4n) is 1.14. The van der Waals surface area contributed by atoms with Crippen LogP contribution in [-0.2, 0) is 4.79 Å². The van der Waals surface area contributed by atoms with Crippen LogP contribution in [0.15, 0.2) is 0 Å². The quantitative estimate of drug-likeness (QED) is 0.634. The smallest absolute Gasteiger partial charge is 0.341 e. The Balaban J connectivity index is 3.67. The van der Waals surface area contributed by atoms with Gasteiger partial charge in [-0.3, -0.25) is 10.1 Å². The molecule has 0 saturated carbocycles. The van der Waals surface area contributed by atoms with Gasteiger partial charge in [-0.15, -0.1) is 0 Å². The number of unbranched alkanes of at least 4 members (excludes halogenated alkanes) is 1. The lowest BCUT2D eigenvalue weighted by Gasteiger charge is -2.13. The number of carbonyl (C=O) groups excluding carboxylic acids is 2. The lowest BCUT2D eigenvalue weighted by Crippen LogP contribution is -2.47. The highest BCUT2D eigenvalue weighted by atomic mass is 19.4. The first-order valence-corrected chi connectivity index (χ1v) is 5.59. The van der Waals surface area contributed by atoms with E-state index in [2.05, 4.69) is 16.0 Å². The SMILES string of the molecule is CNC(=O)NC(=O)C(C)NCCCCC(F)(F)F. The minimum atomic E-state index is -4.14. The molecule has 5 nitrogen and oxygen atoms in total. The summed E-state index contributed by atoms with van der Waals surface area (Å²) in [4.78, 5) is 22.1. The van der Waals surface area contributed by atoms with Crippen LogP contribution >= 0.6 is 0 Å². The van der Waals surface area contributed by atoms with Crippen LogP contribution in [0, 0.1) is 0 Å². The van der Waals surface area contributed by atoms with Gasteiger partial charge in [0.1, 0.15) is 0 Å². The zero-order valence-electron chi connectivity index (χ0n) is 10.4. The average Bonchev–Trinajstić information content (AvgIpc) is 2.26. The van der Waals surface area contributed by atoms with Gasteiger partial charge >= 0.3 is 12.2 Å². The minimum Gasteiger partial charge on any atom is -0.341 e. The van der Waals surface area contributed by atoms with Gasteiger partial charge in [0, 0.05) is 13.5 Å². The predicted molar refractivity (Wildman–Crippen MR) is 60.0 cm³/mol. The van der Waals surface area contributed by atoms with Crippen LogP contribution in [0.25, 0.3) is 0 Å². The third-order valence-electron chi connectivity index (χ3n) is 2.19. The van der Waals surface area contributed by atoms with E-state index in [1.807, 2.05) is 0 Å². The molecular weight excluding hydrogens is 251 g/mol. The van der Waals surface area contributed by atoms with Gasteiger partial charge < -0.3 is 10.6 Å². The summed E-state index contributed by atoms with van der Waals surface area (Å²) in [6, 6.07) is -1.25. The Morgan fingerprint density at radius 2 is 1.83 bits per heavy atom. The molecule has 1 unspecified atom stereocenters. The summed E-state index contributed by atoms with van der Waals surface area (Å²) in [5, 5.41) is 7.02. The monoisotopic (exact) mass is 269 g/mol. The number of imide groups is 1. The topological polar surface area (TPSA) is 70.2 Å². The van der Waals surface area contributed by atoms with E-state index in [4.69, 9.17) is 0 Å². The van der Waals surface area contributed by atoms with E-state index in [0.717, 1.165) is 0 Å². The maximum atomic E-state index is 11.8. The number of rotatable bonds is 6. The Morgan fingerprint density at radius 1 is 1.22 bits per heavy atom. The van der Waals surface area contributed by atoms with Crippen LogP contribution < -0.4 is 16.0 Å². The summed E-state index contributed by atoms with van der Waals surface area (Å²) in [6.07, 6.45) is -4.63. The number of amides is 3. The molecule has 18 heavy (non-hydrogen) atoms. The summed E-state index contributed by atoms with van der Waals surface area (Å²) in [5.74, 6) is -0.523. The van der Waals surface area contributed by atoms with E-state index in [0.29, 0.717) is 13.0 Å². The van der Waals surface area contributed by atoms with E-state index in [1.54, 1.807) is 0 Å². The van der Waals surface area contributed by atoms with Crippen molar-refractivity contribution in [3.63, 3.8) is 0 Å². The van der Waals surface area contributed by atoms with Crippen LogP contribution in [0.2, 0.25) is 0 Å². The van der Waals surface area contributed by atoms with Crippen LogP contribution in [0.3, 0.4) is 0 Å². The first-order chi connectivity index (χ1) is 8.26. The largest absolute Gasteiger partial charge is 0.389 e. The van der Waals surface area contributed by atoms with Crippen LogP contribution in [0.5, 0.6) is 0 Å². The van der Waals surface area contributed by atoms with Crippen molar-refractivity contribution in [2.45, 2.75) is 38.4 Å². The number of hydrogen-bond donors (Lipinski definition) is 3. The second-order valence-corrected chi connectivity index (χ2v) is 3.82. The van der Waals surface area contributed by atoms with Crippen molar-refractivity contribution in [3.05, 3.63) is 0 Å². The molecule has 0 bridgehead atoms. The van der Waals surface area contributed by atoms with E-state index in [1.165, 1.54) is 14.0 Å². The first kappa shape index (κ1) is 16.7. The number of urea groups is 1. The Bertz CT molecular complexity index is 282. The molecule has 0 radical (unpaired) electrons. The van der Waals surface area contributed by atoms with Gasteiger partial charge in [0.15, 0.2) is 0 Å². The highest BCUT2D eigenvalue weighted by molar-refractivity contribution is 5.96. The second-order valence-electron chi connectivity index (χ2n) is 3.82. The third-order valence-corrected chi connectivity index (χ3v) is 2.19. The van der Waals surface area contributed by atoms with Crippen molar-refractivity contribution in [1.82, 2.24) is 16.0 Å². The van der Waals surface area contributed by atoms with Crippen molar-refractivity contribution in [2.24, 2.45) is 0 Å². The van der Waals surface area contributed by atoms with Crippen LogP contribution in [0.4, 0.5) is 18.0 Å². The van der Waals surface area contributed by atoms with Gasteiger partial charge in [-0.2, -0.15) is 13.2 Å². The fourth-order valence-corrected chi connectivity index (χ4v) is 1.14. The van der Waals surface area contributed by atoms with Crippen molar-refractivity contribution in [3.8, 4) is 0 Å². The van der Waals surface area contributed by atoms with Gasteiger partial charge in [-0.05, 0) is 26.3 Å². The highest BCUT2D eigenvalue weighted by Gasteiger charge is 2.25. The molecule has 0 aliphatic heterocycles. The molecule has 1 atom stereocenters. The normalized spacial score (nSPS) is 12.9. The summed E-state index contributed by atoms with van der Waals surface area (Å²) >= 11 is 0. The maximum absolute atomic E-state index is 11.8. The molecule has 0 aromatic heterocycles. The molecule has 0 aromatic rings. The number of carbonyl (C=O) groups is 2. The molecule has 0 aliphatic rings. The Labute approximate surface area is 103 Å². The molecule has 0 rings (SSSR count). The van der Waals surface area contributed by atoms with E-state index in [-0.39, 0.29) is 6.42 Å². The van der Waals surface area contributed by atoms with Gasteiger partial charge in [0.05, 0.1) is 6.04 Å². The van der Waals surface area contributed by atoms with Crippen molar-refractivity contribution in [2.75, 3.05) is 13.6 Å². The molecular formula is C10H18F3N3O2. The molecule has 3 amide bonds. The second kappa shape index (κ2) is 7.91. The first-order valence-electron chi connectivity index (χ1n) is 5.59. The van der Waals surface area contributed by atoms with Crippen molar-refractivity contribution in [1.29, 1.82) is 0 Å². The van der Waals surface area contributed by atoms with Crippen LogP contribution in [0.1, 0.15) is 26.2 Å². The molecule has 0 heterocycles. The molecule has 0 saturated heterocycles. The Hall–Kier alpha value is -1.31. The van der Waals surface area contributed by atoms with Gasteiger partial charge in [-0.25, -0.2) is 4.79 Å². The molecule has 0 fully saturated rings. The summed E-state index contributed by atoms with van der Waals surface area (Å²) in [7, 11) is 1.37. The molecule has 106 valence electrons. The summed E-state index contributed by atoms with van der Waals surface area (Å²) in [6.45, 7) is 1.82. The average molecular weight is 269 g/mol. The summed E-state index contributed by atoms with van der Waals surface area (Å²) < 4.78 is 35.5. The number of halogens is 3. The number of alkyl halides is 3. The molecule has 8 heteroatoms. The summed E-state index contributed by atoms with van der Waals surface area (Å²) in [5.41, 5.74) is 0. The van der Waals surface area contributed by atoms with Crippen LogP contribution in [-0.4, -0.2) is 37.7 Å². The zero-order chi connectivity index (χ0) is 14.2. The standard InChI is InChI=1S/C10H18F3N3O2/c1-7(8(17)16-9(18)14-2)15-6-4-3-5-10(11,12)13/h7,15H,3-6H2,1-2H3,(H2,14,16,17,18). The van der Waals surface area contributed by atoms with Gasteiger partial charge in [0.25, 0.3) is 0 Å². The predicted octanol–water partition coefficient (Wildman–Crippen LogP) is 1.15. The van der Waals surface area contributed by atoms with Crippen molar-refractivity contribution < 1.29 is 22.8 Å². The molecule has 3 N–H and O–H groups in total. The fraction of sp³-hybridized carbons (Fsp3) is 0.800. The number of nitrogens with one attached hydrogen (secondary N) is 3. The molecule has 0 spiro atoms.